The average molecular weight is 324 g/mol. The molecule has 0 radical (unpaired) electrons. The van der Waals surface area contributed by atoms with Crippen molar-refractivity contribution >= 4 is 17.7 Å². The van der Waals surface area contributed by atoms with Crippen LogP contribution in [0.2, 0.25) is 0 Å². The van der Waals surface area contributed by atoms with Crippen molar-refractivity contribution in [3.8, 4) is 0 Å². The molecule has 0 amide bonds. The number of halogens is 2. The van der Waals surface area contributed by atoms with Crippen LogP contribution < -0.4 is 0 Å². The standard InChI is InChI=1S/C16H30F2O2S/c1-13(2)11-15(19)20-12-16(3,4)21-10-8-6-5-7-9-14(17)18/h13-14H,5-12H2,1-4H3. The van der Waals surface area contributed by atoms with Gasteiger partial charge >= 0.3 is 5.97 Å². The van der Waals surface area contributed by atoms with Gasteiger partial charge in [-0.3, -0.25) is 4.79 Å². The second-order valence-corrected chi connectivity index (χ2v) is 8.26. The topological polar surface area (TPSA) is 26.3 Å². The van der Waals surface area contributed by atoms with Gasteiger partial charge in [0.15, 0.2) is 0 Å². The zero-order chi connectivity index (χ0) is 16.3. The summed E-state index contributed by atoms with van der Waals surface area (Å²) in [6, 6.07) is 0. The van der Waals surface area contributed by atoms with Crippen molar-refractivity contribution in [1.82, 2.24) is 0 Å². The molecule has 0 saturated heterocycles. The summed E-state index contributed by atoms with van der Waals surface area (Å²) in [6.45, 7) is 8.55. The molecule has 0 saturated carbocycles. The highest BCUT2D eigenvalue weighted by molar-refractivity contribution is 8.00. The van der Waals surface area contributed by atoms with Gasteiger partial charge in [-0.15, -0.1) is 0 Å². The maximum atomic E-state index is 11.9. The zero-order valence-electron chi connectivity index (χ0n) is 13.8. The van der Waals surface area contributed by atoms with Crippen molar-refractivity contribution in [2.45, 2.75) is 77.4 Å². The number of hydrogen-bond acceptors (Lipinski definition) is 3. The van der Waals surface area contributed by atoms with Gasteiger partial charge in [-0.2, -0.15) is 11.8 Å². The van der Waals surface area contributed by atoms with Crippen molar-refractivity contribution in [2.24, 2.45) is 5.92 Å². The lowest BCUT2D eigenvalue weighted by molar-refractivity contribution is -0.145. The van der Waals surface area contributed by atoms with Crippen LogP contribution in [-0.4, -0.2) is 29.5 Å². The SMILES string of the molecule is CC(C)CC(=O)OCC(C)(C)SCCCCCCC(F)F. The zero-order valence-corrected chi connectivity index (χ0v) is 14.6. The minimum Gasteiger partial charge on any atom is -0.464 e. The molecule has 5 heteroatoms. The fourth-order valence-electron chi connectivity index (χ4n) is 1.79. The molecule has 0 spiro atoms. The van der Waals surface area contributed by atoms with Crippen LogP contribution in [0.4, 0.5) is 8.78 Å². The molecule has 0 fully saturated rings. The van der Waals surface area contributed by atoms with Crippen molar-refractivity contribution in [3.05, 3.63) is 0 Å². The molecular weight excluding hydrogens is 294 g/mol. The van der Waals surface area contributed by atoms with Crippen LogP contribution in [0.5, 0.6) is 0 Å². The highest BCUT2D eigenvalue weighted by atomic mass is 32.2. The maximum Gasteiger partial charge on any atom is 0.306 e. The number of hydrogen-bond donors (Lipinski definition) is 0. The smallest absolute Gasteiger partial charge is 0.306 e. The Morgan fingerprint density at radius 2 is 1.76 bits per heavy atom. The molecular formula is C16H30F2O2S. The van der Waals surface area contributed by atoms with Crippen molar-refractivity contribution in [1.29, 1.82) is 0 Å². The van der Waals surface area contributed by atoms with E-state index in [4.69, 9.17) is 4.74 Å². The van der Waals surface area contributed by atoms with E-state index in [0.717, 1.165) is 25.0 Å². The lowest BCUT2D eigenvalue weighted by Crippen LogP contribution is -2.25. The Balaban J connectivity index is 3.61. The molecule has 0 rings (SSSR count). The van der Waals surface area contributed by atoms with Gasteiger partial charge < -0.3 is 4.74 Å². The molecule has 0 aromatic carbocycles. The second kappa shape index (κ2) is 11.3. The molecule has 0 heterocycles. The average Bonchev–Trinajstić information content (AvgIpc) is 2.34. The van der Waals surface area contributed by atoms with E-state index in [9.17, 15) is 13.6 Å². The van der Waals surface area contributed by atoms with E-state index in [1.165, 1.54) is 0 Å². The van der Waals surface area contributed by atoms with Crippen LogP contribution in [0, 0.1) is 5.92 Å². The molecule has 0 unspecified atom stereocenters. The predicted octanol–water partition coefficient (Wildman–Crippen LogP) is 5.30. The van der Waals surface area contributed by atoms with Crippen molar-refractivity contribution in [3.63, 3.8) is 0 Å². The van der Waals surface area contributed by atoms with Crippen LogP contribution in [0.3, 0.4) is 0 Å². The van der Waals surface area contributed by atoms with Crippen LogP contribution in [-0.2, 0) is 9.53 Å². The summed E-state index contributed by atoms with van der Waals surface area (Å²) in [4.78, 5) is 11.5. The van der Waals surface area contributed by atoms with E-state index < -0.39 is 6.43 Å². The van der Waals surface area contributed by atoms with E-state index >= 15 is 0 Å². The van der Waals surface area contributed by atoms with E-state index in [1.807, 2.05) is 13.8 Å². The number of unbranched alkanes of at least 4 members (excludes halogenated alkanes) is 3. The summed E-state index contributed by atoms with van der Waals surface area (Å²) in [6.07, 6.45) is 1.81. The number of thioether (sulfide) groups is 1. The molecule has 0 aliphatic heterocycles. The Morgan fingerprint density at radius 3 is 2.33 bits per heavy atom. The number of esters is 1. The first-order valence-corrected chi connectivity index (χ1v) is 8.79. The maximum absolute atomic E-state index is 11.9. The lowest BCUT2D eigenvalue weighted by atomic mass is 10.1. The molecule has 0 aliphatic rings. The Kier molecular flexibility index (Phi) is 11.1. The summed E-state index contributed by atoms with van der Waals surface area (Å²) in [5, 5.41) is 0. The number of ether oxygens (including phenoxy) is 1. The molecule has 0 aliphatic carbocycles. The van der Waals surface area contributed by atoms with Gasteiger partial charge in [0.1, 0.15) is 6.61 Å². The highest BCUT2D eigenvalue weighted by Crippen LogP contribution is 2.26. The number of carbonyl (C=O) groups excluding carboxylic acids is 1. The summed E-state index contributed by atoms with van der Waals surface area (Å²) in [7, 11) is 0. The van der Waals surface area contributed by atoms with Gasteiger partial charge in [-0.25, -0.2) is 8.78 Å². The minimum atomic E-state index is -2.17. The quantitative estimate of drug-likeness (QED) is 0.360. The monoisotopic (exact) mass is 324 g/mol. The van der Waals surface area contributed by atoms with Crippen molar-refractivity contribution < 1.29 is 18.3 Å². The van der Waals surface area contributed by atoms with Gasteiger partial charge in [0.25, 0.3) is 0 Å². The van der Waals surface area contributed by atoms with E-state index in [-0.39, 0.29) is 17.1 Å². The van der Waals surface area contributed by atoms with Crippen LogP contribution >= 0.6 is 11.8 Å². The second-order valence-electron chi connectivity index (χ2n) is 6.46. The summed E-state index contributed by atoms with van der Waals surface area (Å²) < 4.78 is 29.1. The molecule has 126 valence electrons. The molecule has 2 nitrogen and oxygen atoms in total. The normalized spacial score (nSPS) is 12.2. The third-order valence-corrected chi connectivity index (χ3v) is 4.36. The summed E-state index contributed by atoms with van der Waals surface area (Å²) >= 11 is 1.78. The van der Waals surface area contributed by atoms with E-state index in [2.05, 4.69) is 13.8 Å². The fraction of sp³-hybridized carbons (Fsp3) is 0.938. The first-order chi connectivity index (χ1) is 9.73. The van der Waals surface area contributed by atoms with E-state index in [0.29, 0.717) is 25.4 Å². The fourth-order valence-corrected chi connectivity index (χ4v) is 2.83. The third-order valence-electron chi connectivity index (χ3n) is 2.97. The van der Waals surface area contributed by atoms with Gasteiger partial charge in [0, 0.05) is 17.6 Å². The molecule has 0 aromatic heterocycles. The van der Waals surface area contributed by atoms with Crippen LogP contribution in [0.25, 0.3) is 0 Å². The largest absolute Gasteiger partial charge is 0.464 e. The van der Waals surface area contributed by atoms with Gasteiger partial charge in [0.2, 0.25) is 6.43 Å². The minimum absolute atomic E-state index is 0.0183. The van der Waals surface area contributed by atoms with Crippen molar-refractivity contribution in [2.75, 3.05) is 12.4 Å². The van der Waals surface area contributed by atoms with Crippen LogP contribution in [0.15, 0.2) is 0 Å². The Morgan fingerprint density at radius 1 is 1.14 bits per heavy atom. The number of carbonyl (C=O) groups is 1. The lowest BCUT2D eigenvalue weighted by Gasteiger charge is -2.23. The Hall–Kier alpha value is -0.320. The first-order valence-electron chi connectivity index (χ1n) is 7.80. The molecule has 0 aromatic rings. The molecule has 0 bridgehead atoms. The molecule has 21 heavy (non-hydrogen) atoms. The van der Waals surface area contributed by atoms with Gasteiger partial charge in [0.05, 0.1) is 0 Å². The van der Waals surface area contributed by atoms with Gasteiger partial charge in [-0.05, 0) is 38.4 Å². The highest BCUT2D eigenvalue weighted by Gasteiger charge is 2.20. The number of alkyl halides is 2. The number of rotatable bonds is 12. The first kappa shape index (κ1) is 20.7. The molecule has 0 atom stereocenters. The predicted molar refractivity (Wildman–Crippen MR) is 86.0 cm³/mol. The third kappa shape index (κ3) is 14.4. The van der Waals surface area contributed by atoms with Crippen LogP contribution in [0.1, 0.15) is 66.2 Å². The summed E-state index contributed by atoms with van der Waals surface area (Å²) in [5.74, 6) is 1.16. The molecule has 0 N–H and O–H groups in total. The Bertz CT molecular complexity index is 281. The van der Waals surface area contributed by atoms with Gasteiger partial charge in [-0.1, -0.05) is 26.7 Å². The van der Waals surface area contributed by atoms with E-state index in [1.54, 1.807) is 11.8 Å². The Labute approximate surface area is 132 Å². The summed E-state index contributed by atoms with van der Waals surface area (Å²) in [5.41, 5.74) is 0.